The Labute approximate surface area is 119 Å². The lowest BCUT2D eigenvalue weighted by Gasteiger charge is -2.31. The molecule has 0 heterocycles. The fourth-order valence-corrected chi connectivity index (χ4v) is 1.65. The van der Waals surface area contributed by atoms with Crippen LogP contribution in [-0.2, 0) is 4.79 Å². The van der Waals surface area contributed by atoms with Crippen LogP contribution >= 0.6 is 27.5 Å². The Morgan fingerprint density at radius 1 is 1.39 bits per heavy atom. The standard InChI is InChI=1S/C12H13BrClNO3/c1-12(2,11(17)18)15(3)10(16)7-4-5-8(13)9(14)6-7/h4-6H,1-3H3,(H,17,18). The average Bonchev–Trinajstić information content (AvgIpc) is 2.30. The van der Waals surface area contributed by atoms with Gasteiger partial charge in [-0.25, -0.2) is 4.79 Å². The van der Waals surface area contributed by atoms with E-state index in [1.807, 2.05) is 0 Å². The molecule has 0 fully saturated rings. The molecule has 4 nitrogen and oxygen atoms in total. The van der Waals surface area contributed by atoms with E-state index in [1.165, 1.54) is 31.9 Å². The van der Waals surface area contributed by atoms with Gasteiger partial charge in [-0.1, -0.05) is 11.6 Å². The largest absolute Gasteiger partial charge is 0.480 e. The number of nitrogens with zero attached hydrogens (tertiary/aromatic N) is 1. The van der Waals surface area contributed by atoms with Crippen LogP contribution in [0.1, 0.15) is 24.2 Å². The van der Waals surface area contributed by atoms with Crippen molar-refractivity contribution in [1.29, 1.82) is 0 Å². The normalized spacial score (nSPS) is 11.2. The predicted octanol–water partition coefficient (Wildman–Crippen LogP) is 3.04. The van der Waals surface area contributed by atoms with E-state index < -0.39 is 17.4 Å². The molecule has 1 aromatic carbocycles. The second-order valence-corrected chi connectivity index (χ2v) is 5.62. The summed E-state index contributed by atoms with van der Waals surface area (Å²) in [6.45, 7) is 2.93. The number of carbonyl (C=O) groups excluding carboxylic acids is 1. The molecule has 0 atom stereocenters. The number of halogens is 2. The highest BCUT2D eigenvalue weighted by atomic mass is 79.9. The first kappa shape index (κ1) is 15.0. The van der Waals surface area contributed by atoms with E-state index in [0.29, 0.717) is 15.1 Å². The van der Waals surface area contributed by atoms with E-state index in [4.69, 9.17) is 16.7 Å². The summed E-state index contributed by atoms with van der Waals surface area (Å²) in [5.74, 6) is -1.46. The van der Waals surface area contributed by atoms with E-state index in [2.05, 4.69) is 15.9 Å². The molecule has 1 aromatic rings. The molecule has 1 N–H and O–H groups in total. The maximum absolute atomic E-state index is 12.1. The first-order chi connectivity index (χ1) is 8.17. The Morgan fingerprint density at radius 3 is 2.39 bits per heavy atom. The van der Waals surface area contributed by atoms with E-state index >= 15 is 0 Å². The number of aliphatic carboxylic acids is 1. The summed E-state index contributed by atoms with van der Waals surface area (Å²) < 4.78 is 0.681. The van der Waals surface area contributed by atoms with Gasteiger partial charge in [0.15, 0.2) is 0 Å². The maximum Gasteiger partial charge on any atom is 0.329 e. The Morgan fingerprint density at radius 2 is 1.94 bits per heavy atom. The van der Waals surface area contributed by atoms with Crippen LogP contribution in [0.2, 0.25) is 5.02 Å². The fourth-order valence-electron chi connectivity index (χ4n) is 1.22. The minimum absolute atomic E-state index is 0.347. The lowest BCUT2D eigenvalue weighted by molar-refractivity contribution is -0.147. The van der Waals surface area contributed by atoms with E-state index in [9.17, 15) is 9.59 Å². The molecule has 1 amide bonds. The second-order valence-electron chi connectivity index (χ2n) is 4.36. The van der Waals surface area contributed by atoms with Crippen LogP contribution in [0.5, 0.6) is 0 Å². The summed E-state index contributed by atoms with van der Waals surface area (Å²) in [7, 11) is 1.45. The van der Waals surface area contributed by atoms with Gasteiger partial charge in [0.2, 0.25) is 0 Å². The average molecular weight is 335 g/mol. The van der Waals surface area contributed by atoms with Crippen LogP contribution in [0.25, 0.3) is 0 Å². The van der Waals surface area contributed by atoms with Crippen LogP contribution in [0, 0.1) is 0 Å². The third kappa shape index (κ3) is 2.84. The number of benzene rings is 1. The van der Waals surface area contributed by atoms with Gasteiger partial charge in [0.1, 0.15) is 5.54 Å². The number of carboxylic acids is 1. The van der Waals surface area contributed by atoms with E-state index in [0.717, 1.165) is 0 Å². The highest BCUT2D eigenvalue weighted by molar-refractivity contribution is 9.10. The van der Waals surface area contributed by atoms with Crippen molar-refractivity contribution < 1.29 is 14.7 Å². The second kappa shape index (κ2) is 5.28. The van der Waals surface area contributed by atoms with Gasteiger partial charge < -0.3 is 10.0 Å². The maximum atomic E-state index is 12.1. The summed E-state index contributed by atoms with van der Waals surface area (Å²) >= 11 is 9.13. The number of likely N-dealkylation sites (N-methyl/N-ethyl adjacent to an activating group) is 1. The molecular weight excluding hydrogens is 321 g/mol. The summed E-state index contributed by atoms with van der Waals surface area (Å²) in [5.41, 5.74) is -0.934. The number of amides is 1. The molecule has 0 aliphatic carbocycles. The lowest BCUT2D eigenvalue weighted by atomic mass is 10.0. The zero-order chi connectivity index (χ0) is 14.1. The smallest absolute Gasteiger partial charge is 0.329 e. The van der Waals surface area contributed by atoms with Gasteiger partial charge in [-0.3, -0.25) is 4.79 Å². The molecule has 0 aliphatic rings. The van der Waals surface area contributed by atoms with Crippen molar-refractivity contribution in [3.8, 4) is 0 Å². The number of hydrogen-bond acceptors (Lipinski definition) is 2. The Bertz CT molecular complexity index is 502. The molecule has 0 aromatic heterocycles. The minimum Gasteiger partial charge on any atom is -0.480 e. The van der Waals surface area contributed by atoms with Crippen LogP contribution in [0.15, 0.2) is 22.7 Å². The van der Waals surface area contributed by atoms with Crippen molar-refractivity contribution in [1.82, 2.24) is 4.90 Å². The highest BCUT2D eigenvalue weighted by Gasteiger charge is 2.35. The summed E-state index contributed by atoms with van der Waals surface area (Å²) in [4.78, 5) is 24.4. The van der Waals surface area contributed by atoms with Crippen LogP contribution in [-0.4, -0.2) is 34.5 Å². The van der Waals surface area contributed by atoms with Crippen molar-refractivity contribution in [3.05, 3.63) is 33.3 Å². The van der Waals surface area contributed by atoms with Crippen molar-refractivity contribution in [3.63, 3.8) is 0 Å². The zero-order valence-corrected chi connectivity index (χ0v) is 12.5. The van der Waals surface area contributed by atoms with Crippen molar-refractivity contribution in [2.75, 3.05) is 7.05 Å². The number of rotatable bonds is 3. The van der Waals surface area contributed by atoms with Crippen LogP contribution < -0.4 is 0 Å². The van der Waals surface area contributed by atoms with Gasteiger partial charge >= 0.3 is 5.97 Å². The van der Waals surface area contributed by atoms with Gasteiger partial charge in [0.25, 0.3) is 5.91 Å². The Kier molecular flexibility index (Phi) is 4.40. The topological polar surface area (TPSA) is 57.6 Å². The van der Waals surface area contributed by atoms with Crippen LogP contribution in [0.3, 0.4) is 0 Å². The van der Waals surface area contributed by atoms with Gasteiger partial charge in [0, 0.05) is 17.1 Å². The number of carboxylic acid groups (broad SMARTS) is 1. The third-order valence-corrected chi connectivity index (χ3v) is 4.07. The van der Waals surface area contributed by atoms with E-state index in [1.54, 1.807) is 12.1 Å². The molecule has 0 radical (unpaired) electrons. The summed E-state index contributed by atoms with van der Waals surface area (Å²) in [6, 6.07) is 4.74. The molecule has 0 unspecified atom stereocenters. The third-order valence-electron chi connectivity index (χ3n) is 2.83. The molecule has 6 heteroatoms. The highest BCUT2D eigenvalue weighted by Crippen LogP contribution is 2.25. The number of carbonyl (C=O) groups is 2. The first-order valence-corrected chi connectivity index (χ1v) is 6.31. The fraction of sp³-hybridized carbons (Fsp3) is 0.333. The Balaban J connectivity index is 3.07. The molecular formula is C12H13BrClNO3. The SMILES string of the molecule is CN(C(=O)c1ccc(Br)c(Cl)c1)C(C)(C)C(=O)O. The molecule has 18 heavy (non-hydrogen) atoms. The molecule has 0 aliphatic heterocycles. The quantitative estimate of drug-likeness (QED) is 0.924. The van der Waals surface area contributed by atoms with E-state index in [-0.39, 0.29) is 0 Å². The van der Waals surface area contributed by atoms with Gasteiger partial charge in [0.05, 0.1) is 5.02 Å². The molecule has 0 spiro atoms. The Hall–Kier alpha value is -1.07. The molecule has 1 rings (SSSR count). The molecule has 0 bridgehead atoms. The summed E-state index contributed by atoms with van der Waals surface area (Å²) in [6.07, 6.45) is 0. The van der Waals surface area contributed by atoms with Crippen molar-refractivity contribution in [2.45, 2.75) is 19.4 Å². The summed E-state index contributed by atoms with van der Waals surface area (Å²) in [5, 5.41) is 9.48. The van der Waals surface area contributed by atoms with Crippen molar-refractivity contribution >= 4 is 39.4 Å². The molecule has 0 saturated carbocycles. The zero-order valence-electron chi connectivity index (χ0n) is 10.2. The van der Waals surface area contributed by atoms with Gasteiger partial charge in [-0.15, -0.1) is 0 Å². The minimum atomic E-state index is -1.28. The van der Waals surface area contributed by atoms with Crippen molar-refractivity contribution in [2.24, 2.45) is 0 Å². The first-order valence-electron chi connectivity index (χ1n) is 5.14. The molecule has 0 saturated heterocycles. The number of hydrogen-bond donors (Lipinski definition) is 1. The van der Waals surface area contributed by atoms with Crippen LogP contribution in [0.4, 0.5) is 0 Å². The lowest BCUT2D eigenvalue weighted by Crippen LogP contribution is -2.50. The predicted molar refractivity (Wildman–Crippen MR) is 73.0 cm³/mol. The van der Waals surface area contributed by atoms with Gasteiger partial charge in [-0.2, -0.15) is 0 Å². The van der Waals surface area contributed by atoms with Gasteiger partial charge in [-0.05, 0) is 48.0 Å². The monoisotopic (exact) mass is 333 g/mol. The molecule has 98 valence electrons.